The van der Waals surface area contributed by atoms with E-state index in [1.807, 2.05) is 12.1 Å². The molecule has 0 aliphatic heterocycles. The van der Waals surface area contributed by atoms with Crippen LogP contribution in [0.3, 0.4) is 0 Å². The maximum absolute atomic E-state index is 11.9. The van der Waals surface area contributed by atoms with Gasteiger partial charge in [-0.25, -0.2) is 0 Å². The number of carbonyl (C=O) groups excluding carboxylic acids is 1. The molecule has 0 spiro atoms. The van der Waals surface area contributed by atoms with Crippen LogP contribution in [0.15, 0.2) is 24.3 Å². The van der Waals surface area contributed by atoms with E-state index in [1.165, 1.54) is 0 Å². The summed E-state index contributed by atoms with van der Waals surface area (Å²) < 4.78 is 0. The lowest BCUT2D eigenvalue weighted by Gasteiger charge is -2.00. The van der Waals surface area contributed by atoms with Crippen molar-refractivity contribution < 1.29 is 4.79 Å². The molecule has 1 fully saturated rings. The van der Waals surface area contributed by atoms with Crippen molar-refractivity contribution in [1.82, 2.24) is 10.3 Å². The lowest BCUT2D eigenvalue weighted by Crippen LogP contribution is -2.29. The molecule has 0 radical (unpaired) electrons. The Kier molecular flexibility index (Phi) is 2.34. The van der Waals surface area contributed by atoms with E-state index in [0.29, 0.717) is 10.7 Å². The Bertz CT molecular complexity index is 592. The van der Waals surface area contributed by atoms with Gasteiger partial charge < -0.3 is 16.0 Å². The number of rotatable bonds is 2. The molecule has 1 amide bonds. The fourth-order valence-corrected chi connectivity index (χ4v) is 2.03. The number of carbonyl (C=O) groups is 1. The molecule has 4 nitrogen and oxygen atoms in total. The van der Waals surface area contributed by atoms with Crippen molar-refractivity contribution in [3.8, 4) is 0 Å². The first-order valence-electron chi connectivity index (χ1n) is 5.48. The second kappa shape index (κ2) is 3.75. The first-order valence-corrected chi connectivity index (χ1v) is 5.86. The van der Waals surface area contributed by atoms with Crippen molar-refractivity contribution in [3.63, 3.8) is 0 Å². The van der Waals surface area contributed by atoms with E-state index in [0.717, 1.165) is 17.3 Å². The van der Waals surface area contributed by atoms with E-state index in [9.17, 15) is 4.79 Å². The van der Waals surface area contributed by atoms with E-state index in [4.69, 9.17) is 17.3 Å². The maximum atomic E-state index is 11.9. The molecule has 1 aromatic heterocycles. The van der Waals surface area contributed by atoms with Crippen LogP contribution in [0, 0.1) is 0 Å². The predicted molar refractivity (Wildman–Crippen MR) is 67.2 cm³/mol. The minimum atomic E-state index is -0.115. The zero-order valence-electron chi connectivity index (χ0n) is 9.03. The third-order valence-electron chi connectivity index (χ3n) is 2.98. The van der Waals surface area contributed by atoms with Gasteiger partial charge in [-0.15, -0.1) is 0 Å². The molecule has 1 heterocycles. The second-order valence-corrected chi connectivity index (χ2v) is 4.83. The quantitative estimate of drug-likeness (QED) is 0.757. The standard InChI is InChI=1S/C12H12ClN3O/c13-7-1-2-9-6(3-7)4-11(15-9)12(17)16-10-5-8(10)14/h1-4,8,10,15H,5,14H2,(H,16,17)/t8-,10?/m0/s1. The van der Waals surface area contributed by atoms with E-state index in [1.54, 1.807) is 12.1 Å². The molecule has 1 saturated carbocycles. The summed E-state index contributed by atoms with van der Waals surface area (Å²) in [5.41, 5.74) is 7.09. The summed E-state index contributed by atoms with van der Waals surface area (Å²) in [5.74, 6) is -0.115. The topological polar surface area (TPSA) is 70.9 Å². The Labute approximate surface area is 103 Å². The van der Waals surface area contributed by atoms with Gasteiger partial charge in [0.25, 0.3) is 5.91 Å². The molecule has 1 aliphatic carbocycles. The number of hydrogen-bond acceptors (Lipinski definition) is 2. The number of fused-ring (bicyclic) bond motifs is 1. The average molecular weight is 250 g/mol. The number of H-pyrrole nitrogens is 1. The smallest absolute Gasteiger partial charge is 0.268 e. The number of nitrogens with two attached hydrogens (primary N) is 1. The summed E-state index contributed by atoms with van der Waals surface area (Å²) >= 11 is 5.89. The number of benzene rings is 1. The minimum absolute atomic E-state index is 0.109. The Morgan fingerprint density at radius 2 is 2.24 bits per heavy atom. The molecule has 1 aromatic carbocycles. The van der Waals surface area contributed by atoms with Gasteiger partial charge in [0, 0.05) is 28.0 Å². The van der Waals surface area contributed by atoms with Gasteiger partial charge in [-0.3, -0.25) is 4.79 Å². The first-order chi connectivity index (χ1) is 8.13. The fraction of sp³-hybridized carbons (Fsp3) is 0.250. The molecule has 88 valence electrons. The van der Waals surface area contributed by atoms with Crippen molar-refractivity contribution in [2.24, 2.45) is 5.73 Å². The van der Waals surface area contributed by atoms with Crippen LogP contribution in [0.4, 0.5) is 0 Å². The summed E-state index contributed by atoms with van der Waals surface area (Å²) in [7, 11) is 0. The van der Waals surface area contributed by atoms with E-state index >= 15 is 0 Å². The van der Waals surface area contributed by atoms with Gasteiger partial charge in [0.2, 0.25) is 0 Å². The number of aromatic amines is 1. The van der Waals surface area contributed by atoms with Crippen molar-refractivity contribution in [3.05, 3.63) is 35.0 Å². The molecule has 0 saturated heterocycles. The highest BCUT2D eigenvalue weighted by Gasteiger charge is 2.35. The Balaban J connectivity index is 1.87. The van der Waals surface area contributed by atoms with Crippen LogP contribution in [0.1, 0.15) is 16.9 Å². The van der Waals surface area contributed by atoms with Crippen molar-refractivity contribution in [2.75, 3.05) is 0 Å². The van der Waals surface area contributed by atoms with Crippen LogP contribution in [0.2, 0.25) is 5.02 Å². The summed E-state index contributed by atoms with van der Waals surface area (Å²) in [4.78, 5) is 14.9. The number of halogens is 1. The van der Waals surface area contributed by atoms with Gasteiger partial charge >= 0.3 is 0 Å². The normalized spacial score (nSPS) is 22.7. The largest absolute Gasteiger partial charge is 0.351 e. The third kappa shape index (κ3) is 2.01. The summed E-state index contributed by atoms with van der Waals surface area (Å²) in [6, 6.07) is 7.50. The molecule has 1 unspecified atom stereocenters. The summed E-state index contributed by atoms with van der Waals surface area (Å²) in [6.45, 7) is 0. The van der Waals surface area contributed by atoms with Crippen LogP contribution < -0.4 is 11.1 Å². The van der Waals surface area contributed by atoms with Crippen LogP contribution in [-0.4, -0.2) is 23.0 Å². The van der Waals surface area contributed by atoms with Gasteiger partial charge in [0.1, 0.15) is 5.69 Å². The van der Waals surface area contributed by atoms with E-state index in [2.05, 4.69) is 10.3 Å². The monoisotopic (exact) mass is 249 g/mol. The molecule has 4 N–H and O–H groups in total. The van der Waals surface area contributed by atoms with Gasteiger partial charge in [-0.05, 0) is 30.7 Å². The van der Waals surface area contributed by atoms with Gasteiger partial charge in [0.05, 0.1) is 0 Å². The zero-order valence-corrected chi connectivity index (χ0v) is 9.79. The van der Waals surface area contributed by atoms with Crippen LogP contribution in [0.25, 0.3) is 10.9 Å². The van der Waals surface area contributed by atoms with Gasteiger partial charge in [-0.1, -0.05) is 11.6 Å². The van der Waals surface area contributed by atoms with Crippen LogP contribution in [0.5, 0.6) is 0 Å². The zero-order chi connectivity index (χ0) is 12.0. The van der Waals surface area contributed by atoms with E-state index in [-0.39, 0.29) is 18.0 Å². The lowest BCUT2D eigenvalue weighted by atomic mass is 10.2. The molecule has 0 bridgehead atoms. The second-order valence-electron chi connectivity index (χ2n) is 4.39. The van der Waals surface area contributed by atoms with Crippen molar-refractivity contribution >= 4 is 28.4 Å². The Morgan fingerprint density at radius 3 is 2.94 bits per heavy atom. The third-order valence-corrected chi connectivity index (χ3v) is 3.22. The molecule has 17 heavy (non-hydrogen) atoms. The summed E-state index contributed by atoms with van der Waals surface area (Å²) in [5, 5.41) is 4.46. The Morgan fingerprint density at radius 1 is 1.47 bits per heavy atom. The average Bonchev–Trinajstić information content (AvgIpc) is 2.81. The molecule has 5 heteroatoms. The fourth-order valence-electron chi connectivity index (χ4n) is 1.85. The lowest BCUT2D eigenvalue weighted by molar-refractivity contribution is 0.0946. The Hall–Kier alpha value is -1.52. The first kappa shape index (κ1) is 10.6. The number of hydrogen-bond donors (Lipinski definition) is 3. The number of nitrogens with one attached hydrogen (secondary N) is 2. The highest BCUT2D eigenvalue weighted by atomic mass is 35.5. The molecule has 2 atom stereocenters. The maximum Gasteiger partial charge on any atom is 0.268 e. The molecular formula is C12H12ClN3O. The SMILES string of the molecule is N[C@H]1CC1NC(=O)c1cc2cc(Cl)ccc2[nH]1. The minimum Gasteiger partial charge on any atom is -0.351 e. The highest BCUT2D eigenvalue weighted by molar-refractivity contribution is 6.31. The predicted octanol–water partition coefficient (Wildman–Crippen LogP) is 1.65. The summed E-state index contributed by atoms with van der Waals surface area (Å²) in [6.07, 6.45) is 0.859. The molecule has 1 aliphatic rings. The van der Waals surface area contributed by atoms with Gasteiger partial charge in [-0.2, -0.15) is 0 Å². The number of amides is 1. The van der Waals surface area contributed by atoms with E-state index < -0.39 is 0 Å². The number of aromatic nitrogens is 1. The molecular weight excluding hydrogens is 238 g/mol. The van der Waals surface area contributed by atoms with Crippen LogP contribution in [-0.2, 0) is 0 Å². The van der Waals surface area contributed by atoms with Crippen molar-refractivity contribution in [2.45, 2.75) is 18.5 Å². The van der Waals surface area contributed by atoms with Gasteiger partial charge in [0.15, 0.2) is 0 Å². The van der Waals surface area contributed by atoms with Crippen molar-refractivity contribution in [1.29, 1.82) is 0 Å². The molecule has 2 aromatic rings. The highest BCUT2D eigenvalue weighted by Crippen LogP contribution is 2.22. The van der Waals surface area contributed by atoms with Crippen LogP contribution >= 0.6 is 11.6 Å². The molecule has 3 rings (SSSR count).